The first-order valence-electron chi connectivity index (χ1n) is 5.56. The first-order chi connectivity index (χ1) is 8.70. The summed E-state index contributed by atoms with van der Waals surface area (Å²) in [5, 5.41) is 9.13. The van der Waals surface area contributed by atoms with Crippen LogP contribution in [-0.4, -0.2) is 20.9 Å². The predicted molar refractivity (Wildman–Crippen MR) is 67.5 cm³/mol. The van der Waals surface area contributed by atoms with Crippen molar-refractivity contribution in [1.82, 2.24) is 0 Å². The number of benzene rings is 2. The van der Waals surface area contributed by atoms with Crippen molar-refractivity contribution in [2.45, 2.75) is 5.54 Å². The zero-order valence-corrected chi connectivity index (χ0v) is 10.6. The monoisotopic (exact) mass is 262 g/mol. The van der Waals surface area contributed by atoms with Crippen molar-refractivity contribution in [2.75, 3.05) is 6.23 Å². The molecule has 2 rings (SSSR count). The van der Waals surface area contributed by atoms with Gasteiger partial charge in [-0.1, -0.05) is 24.3 Å². The number of halogens is 2. The number of hydrogen-bond donors (Lipinski definition) is 1. The Morgan fingerprint density at radius 3 is 1.56 bits per heavy atom. The van der Waals surface area contributed by atoms with Crippen LogP contribution in [0.5, 0.6) is 0 Å². The number of rotatable bonds is 4. The van der Waals surface area contributed by atoms with Gasteiger partial charge in [0, 0.05) is 11.8 Å². The molecule has 0 aromatic heterocycles. The van der Waals surface area contributed by atoms with E-state index in [2.05, 4.69) is 0 Å². The summed E-state index contributed by atoms with van der Waals surface area (Å²) in [6, 6.07) is 12.4. The van der Waals surface area contributed by atoms with E-state index in [1.807, 2.05) is 0 Å². The van der Waals surface area contributed by atoms with E-state index in [0.717, 1.165) is 11.1 Å². The van der Waals surface area contributed by atoms with E-state index < -0.39 is 0 Å². The van der Waals surface area contributed by atoms with E-state index in [9.17, 15) is 8.78 Å². The normalized spacial score (nSPS) is 10.9. The van der Waals surface area contributed by atoms with Crippen LogP contribution in [0, 0.1) is 11.6 Å². The van der Waals surface area contributed by atoms with E-state index in [-0.39, 0.29) is 32.9 Å². The van der Waals surface area contributed by atoms with Crippen LogP contribution in [-0.2, 0) is 0 Å². The van der Waals surface area contributed by atoms with Crippen LogP contribution in [0.25, 0.3) is 0 Å². The van der Waals surface area contributed by atoms with Gasteiger partial charge in [-0.3, -0.25) is 0 Å². The van der Waals surface area contributed by atoms with Crippen molar-refractivity contribution < 1.29 is 13.9 Å². The molecule has 2 radical (unpaired) electrons. The Morgan fingerprint density at radius 2 is 1.22 bits per heavy atom. The van der Waals surface area contributed by atoms with Gasteiger partial charge in [0.15, 0.2) is 0 Å². The highest BCUT2D eigenvalue weighted by molar-refractivity contribution is 6.38. The molecule has 2 aromatic carbocycles. The molecule has 1 nitrogen and oxygen atoms in total. The Labute approximate surface area is 107 Å². The second-order valence-electron chi connectivity index (χ2n) is 3.90. The van der Waals surface area contributed by atoms with Crippen LogP contribution in [0.1, 0.15) is 16.7 Å². The Bertz CT molecular complexity index is 451. The minimum atomic E-state index is -0.288. The Kier molecular flexibility index (Phi) is 4.22. The van der Waals surface area contributed by atoms with E-state index in [0.29, 0.717) is 0 Å². The predicted octanol–water partition coefficient (Wildman–Crippen LogP) is 2.71. The minimum absolute atomic E-state index is 0.0174. The molecule has 0 amide bonds. The summed E-state index contributed by atoms with van der Waals surface area (Å²) < 4.78 is 25.8. The molecular weight excluding hydrogens is 250 g/mol. The lowest BCUT2D eigenvalue weighted by Gasteiger charge is -2.16. The standard InChI is InChI=1S/C14H12F2OSi/c15-12-5-1-10(2-6-12)14(18-9-17)11-3-7-13(16)8-4-11/h1-8,14,17H,9H2. The fourth-order valence-corrected chi connectivity index (χ4v) is 2.87. The van der Waals surface area contributed by atoms with Gasteiger partial charge in [0.2, 0.25) is 0 Å². The largest absolute Gasteiger partial charge is 0.400 e. The van der Waals surface area contributed by atoms with Gasteiger partial charge in [-0.2, -0.15) is 0 Å². The third-order valence-corrected chi connectivity index (χ3v) is 3.96. The molecule has 0 spiro atoms. The highest BCUT2D eigenvalue weighted by atomic mass is 28.2. The molecule has 2 aromatic rings. The van der Waals surface area contributed by atoms with E-state index in [1.165, 1.54) is 24.3 Å². The molecule has 4 heteroatoms. The van der Waals surface area contributed by atoms with Crippen molar-refractivity contribution in [3.8, 4) is 0 Å². The van der Waals surface area contributed by atoms with Crippen molar-refractivity contribution in [3.63, 3.8) is 0 Å². The SMILES string of the molecule is OC[Si]C(c1ccc(F)cc1)c1ccc(F)cc1. The average Bonchev–Trinajstić information content (AvgIpc) is 2.39. The van der Waals surface area contributed by atoms with Crippen LogP contribution in [0.15, 0.2) is 48.5 Å². The van der Waals surface area contributed by atoms with Crippen LogP contribution < -0.4 is 0 Å². The molecule has 0 unspecified atom stereocenters. The third-order valence-electron chi connectivity index (χ3n) is 2.70. The van der Waals surface area contributed by atoms with Gasteiger partial charge in [-0.05, 0) is 35.4 Å². The van der Waals surface area contributed by atoms with Gasteiger partial charge in [-0.15, -0.1) is 0 Å². The van der Waals surface area contributed by atoms with Crippen LogP contribution in [0.4, 0.5) is 8.78 Å². The van der Waals surface area contributed by atoms with Gasteiger partial charge >= 0.3 is 0 Å². The molecular formula is C14H12F2OSi. The summed E-state index contributed by atoms with van der Waals surface area (Å²) in [6.45, 7) is 0. The Balaban J connectivity index is 2.33. The molecule has 0 aliphatic rings. The molecule has 0 atom stereocenters. The summed E-state index contributed by atoms with van der Waals surface area (Å²) in [7, 11) is 0.265. The summed E-state index contributed by atoms with van der Waals surface area (Å²) in [5.41, 5.74) is 1.84. The van der Waals surface area contributed by atoms with Crippen molar-refractivity contribution in [3.05, 3.63) is 71.3 Å². The van der Waals surface area contributed by atoms with Gasteiger partial charge in [0.25, 0.3) is 0 Å². The highest BCUT2D eigenvalue weighted by Gasteiger charge is 2.14. The molecule has 0 fully saturated rings. The van der Waals surface area contributed by atoms with Gasteiger partial charge in [-0.25, -0.2) is 8.78 Å². The molecule has 18 heavy (non-hydrogen) atoms. The number of hydrogen-bond acceptors (Lipinski definition) is 1. The van der Waals surface area contributed by atoms with Gasteiger partial charge in [0.1, 0.15) is 11.6 Å². The lowest BCUT2D eigenvalue weighted by Crippen LogP contribution is -2.13. The molecule has 0 aliphatic carbocycles. The van der Waals surface area contributed by atoms with Gasteiger partial charge < -0.3 is 5.11 Å². The summed E-state index contributed by atoms with van der Waals surface area (Å²) in [6.07, 6.45) is 0.0550. The molecule has 92 valence electrons. The fourth-order valence-electron chi connectivity index (χ4n) is 1.83. The second kappa shape index (κ2) is 5.89. The molecule has 0 saturated heterocycles. The van der Waals surface area contributed by atoms with E-state index in [1.54, 1.807) is 24.3 Å². The number of aliphatic hydroxyl groups excluding tert-OH is 1. The minimum Gasteiger partial charge on any atom is -0.400 e. The average molecular weight is 262 g/mol. The van der Waals surface area contributed by atoms with Crippen LogP contribution in [0.3, 0.4) is 0 Å². The third kappa shape index (κ3) is 3.03. The van der Waals surface area contributed by atoms with Crippen LogP contribution >= 0.6 is 0 Å². The van der Waals surface area contributed by atoms with Crippen molar-refractivity contribution >= 4 is 9.52 Å². The van der Waals surface area contributed by atoms with E-state index >= 15 is 0 Å². The fraction of sp³-hybridized carbons (Fsp3) is 0.143. The molecule has 1 N–H and O–H groups in total. The first kappa shape index (κ1) is 12.9. The van der Waals surface area contributed by atoms with E-state index in [4.69, 9.17) is 5.11 Å². The lowest BCUT2D eigenvalue weighted by atomic mass is 10.0. The zero-order valence-electron chi connectivity index (χ0n) is 9.61. The second-order valence-corrected chi connectivity index (χ2v) is 5.20. The van der Waals surface area contributed by atoms with Gasteiger partial charge in [0.05, 0.1) is 9.52 Å². The lowest BCUT2D eigenvalue weighted by molar-refractivity contribution is 0.364. The van der Waals surface area contributed by atoms with Crippen LogP contribution in [0.2, 0.25) is 0 Å². The summed E-state index contributed by atoms with van der Waals surface area (Å²) in [4.78, 5) is 0. The smallest absolute Gasteiger partial charge is 0.123 e. The first-order valence-corrected chi connectivity index (χ1v) is 6.84. The Hall–Kier alpha value is -1.52. The van der Waals surface area contributed by atoms with Crippen molar-refractivity contribution in [1.29, 1.82) is 0 Å². The summed E-state index contributed by atoms with van der Waals surface area (Å²) in [5.74, 6) is -0.576. The Morgan fingerprint density at radius 1 is 0.833 bits per heavy atom. The molecule has 0 heterocycles. The molecule has 0 bridgehead atoms. The number of aliphatic hydroxyl groups is 1. The quantitative estimate of drug-likeness (QED) is 0.840. The highest BCUT2D eigenvalue weighted by Crippen LogP contribution is 2.24. The maximum atomic E-state index is 12.9. The molecule has 0 saturated carbocycles. The zero-order chi connectivity index (χ0) is 13.0. The maximum absolute atomic E-state index is 12.9. The van der Waals surface area contributed by atoms with Crippen molar-refractivity contribution in [2.24, 2.45) is 0 Å². The topological polar surface area (TPSA) is 20.2 Å². The summed E-state index contributed by atoms with van der Waals surface area (Å²) >= 11 is 0. The molecule has 0 aliphatic heterocycles. The maximum Gasteiger partial charge on any atom is 0.123 e.